The molecule has 2 heterocycles. The number of esters is 1. The lowest BCUT2D eigenvalue weighted by Gasteiger charge is -2.17. The minimum atomic E-state index is -0.432. The lowest BCUT2D eigenvalue weighted by molar-refractivity contribution is -0.367. The highest BCUT2D eigenvalue weighted by Crippen LogP contribution is 2.32. The van der Waals surface area contributed by atoms with Crippen molar-refractivity contribution in [1.29, 1.82) is 0 Å². The van der Waals surface area contributed by atoms with Gasteiger partial charge in [-0.25, -0.2) is 24.4 Å². The molecule has 2 aliphatic rings. The van der Waals surface area contributed by atoms with Crippen molar-refractivity contribution < 1.29 is 39.2 Å². The number of allylic oxidation sites excluding steroid dienone is 1. The maximum absolute atomic E-state index is 11.0. The molecule has 5 atom stereocenters. The summed E-state index contributed by atoms with van der Waals surface area (Å²) >= 11 is 0. The van der Waals surface area contributed by atoms with Crippen molar-refractivity contribution in [3.05, 3.63) is 12.2 Å². The van der Waals surface area contributed by atoms with Gasteiger partial charge in [0.15, 0.2) is 0 Å². The second kappa shape index (κ2) is 12.4. The fraction of sp³-hybridized carbons (Fsp3) is 0.842. The number of carbonyl (C=O) groups is 1. The minimum Gasteiger partial charge on any atom is -0.469 e. The molecule has 0 amide bonds. The van der Waals surface area contributed by atoms with Gasteiger partial charge in [0.05, 0.1) is 7.11 Å². The van der Waals surface area contributed by atoms with Crippen LogP contribution < -0.4 is 0 Å². The third-order valence-corrected chi connectivity index (χ3v) is 5.00. The summed E-state index contributed by atoms with van der Waals surface area (Å²) in [5.74, 6) is -0.162. The van der Waals surface area contributed by atoms with E-state index < -0.39 is 6.10 Å². The summed E-state index contributed by atoms with van der Waals surface area (Å²) < 4.78 is 4.62. The fourth-order valence-corrected chi connectivity index (χ4v) is 3.42. The number of rotatable bonds is 12. The quantitative estimate of drug-likeness (QED) is 0.179. The molecule has 5 unspecified atom stereocenters. The van der Waals surface area contributed by atoms with Crippen LogP contribution in [0.1, 0.15) is 64.7 Å². The topological polar surface area (TPSA) is 92.7 Å². The Bertz CT molecular complexity index is 455. The molecule has 0 aromatic heterocycles. The summed E-state index contributed by atoms with van der Waals surface area (Å²) in [6.45, 7) is 1.93. The van der Waals surface area contributed by atoms with E-state index >= 15 is 0 Å². The van der Waals surface area contributed by atoms with E-state index in [-0.39, 0.29) is 30.4 Å². The second-order valence-electron chi connectivity index (χ2n) is 7.06. The number of unbranched alkanes of at least 4 members (excludes halogenated alkanes) is 4. The van der Waals surface area contributed by atoms with Crippen LogP contribution in [0.4, 0.5) is 0 Å². The molecule has 0 saturated carbocycles. The fourth-order valence-electron chi connectivity index (χ4n) is 3.42. The summed E-state index contributed by atoms with van der Waals surface area (Å²) in [4.78, 5) is 37.0. The van der Waals surface area contributed by atoms with Crippen LogP contribution in [0.5, 0.6) is 0 Å². The van der Waals surface area contributed by atoms with E-state index in [9.17, 15) is 10.1 Å². The third kappa shape index (κ3) is 7.48. The SMILES string of the molecule is C/C=C/C1CC(C2CC(C(CCCCCCCC(=O)OC)OO)OO2)OO1. The molecule has 2 saturated heterocycles. The van der Waals surface area contributed by atoms with E-state index in [0.717, 1.165) is 32.1 Å². The van der Waals surface area contributed by atoms with E-state index in [1.807, 2.05) is 19.1 Å². The molecule has 2 aliphatic heterocycles. The standard InChI is InChI=1S/C19H32O8/c1-3-9-14-12-16(25-24-14)18-13-17(26-27-18)15(23-21)10-7-5-4-6-8-11-19(20)22-2/h3,9,14-18,21H,4-8,10-13H2,1-2H3/b9-3+. The van der Waals surface area contributed by atoms with Gasteiger partial charge in [0.1, 0.15) is 30.5 Å². The molecule has 2 rings (SSSR count). The maximum atomic E-state index is 11.0. The Labute approximate surface area is 160 Å². The van der Waals surface area contributed by atoms with Crippen LogP contribution in [0.3, 0.4) is 0 Å². The van der Waals surface area contributed by atoms with Gasteiger partial charge in [-0.2, -0.15) is 0 Å². The molecule has 0 bridgehead atoms. The Morgan fingerprint density at radius 1 is 1.07 bits per heavy atom. The largest absolute Gasteiger partial charge is 0.469 e. The van der Waals surface area contributed by atoms with E-state index in [1.165, 1.54) is 7.11 Å². The van der Waals surface area contributed by atoms with E-state index in [4.69, 9.17) is 19.6 Å². The van der Waals surface area contributed by atoms with Crippen molar-refractivity contribution in [2.75, 3.05) is 7.11 Å². The van der Waals surface area contributed by atoms with Gasteiger partial charge in [-0.1, -0.05) is 37.8 Å². The van der Waals surface area contributed by atoms with Crippen molar-refractivity contribution in [1.82, 2.24) is 0 Å². The second-order valence-corrected chi connectivity index (χ2v) is 7.06. The van der Waals surface area contributed by atoms with Crippen LogP contribution in [-0.4, -0.2) is 48.9 Å². The molecule has 0 aromatic rings. The maximum Gasteiger partial charge on any atom is 0.305 e. The Morgan fingerprint density at radius 3 is 2.52 bits per heavy atom. The molecule has 8 heteroatoms. The van der Waals surface area contributed by atoms with Crippen LogP contribution in [0, 0.1) is 0 Å². The number of hydrogen-bond donors (Lipinski definition) is 1. The average Bonchev–Trinajstić information content (AvgIpc) is 3.33. The van der Waals surface area contributed by atoms with Crippen LogP contribution in [0.15, 0.2) is 12.2 Å². The lowest BCUT2D eigenvalue weighted by Crippen LogP contribution is -2.30. The van der Waals surface area contributed by atoms with E-state index in [2.05, 4.69) is 9.62 Å². The van der Waals surface area contributed by atoms with Gasteiger partial charge in [0.2, 0.25) is 0 Å². The van der Waals surface area contributed by atoms with Crippen molar-refractivity contribution in [3.63, 3.8) is 0 Å². The molecule has 8 nitrogen and oxygen atoms in total. The highest BCUT2D eigenvalue weighted by molar-refractivity contribution is 5.68. The van der Waals surface area contributed by atoms with Gasteiger partial charge in [0, 0.05) is 19.3 Å². The Kier molecular flexibility index (Phi) is 10.3. The predicted octanol–water partition coefficient (Wildman–Crippen LogP) is 3.50. The van der Waals surface area contributed by atoms with Gasteiger partial charge >= 0.3 is 5.97 Å². The Morgan fingerprint density at radius 2 is 1.78 bits per heavy atom. The number of methoxy groups -OCH3 is 1. The normalized spacial score (nSPS) is 29.4. The summed E-state index contributed by atoms with van der Waals surface area (Å²) in [5, 5.41) is 9.23. The van der Waals surface area contributed by atoms with Gasteiger partial charge in [-0.05, 0) is 19.8 Å². The van der Waals surface area contributed by atoms with Gasteiger partial charge in [0.25, 0.3) is 0 Å². The molecular weight excluding hydrogens is 356 g/mol. The highest BCUT2D eigenvalue weighted by atomic mass is 17.2. The van der Waals surface area contributed by atoms with Gasteiger partial charge in [-0.15, -0.1) is 0 Å². The summed E-state index contributed by atoms with van der Waals surface area (Å²) in [7, 11) is 1.41. The number of carbonyl (C=O) groups excluding carboxylic acids is 1. The molecule has 0 aromatic carbocycles. The monoisotopic (exact) mass is 388 g/mol. The lowest BCUT2D eigenvalue weighted by atomic mass is 9.97. The van der Waals surface area contributed by atoms with E-state index in [1.54, 1.807) is 0 Å². The first-order valence-electron chi connectivity index (χ1n) is 9.82. The first-order valence-corrected chi connectivity index (χ1v) is 9.82. The van der Waals surface area contributed by atoms with Crippen LogP contribution in [-0.2, 0) is 34.0 Å². The molecule has 1 N–H and O–H groups in total. The van der Waals surface area contributed by atoms with Crippen molar-refractivity contribution >= 4 is 5.97 Å². The smallest absolute Gasteiger partial charge is 0.305 e. The van der Waals surface area contributed by atoms with Crippen LogP contribution in [0.25, 0.3) is 0 Å². The third-order valence-electron chi connectivity index (χ3n) is 5.00. The molecule has 0 spiro atoms. The van der Waals surface area contributed by atoms with Gasteiger partial charge in [-0.3, -0.25) is 10.1 Å². The zero-order valence-corrected chi connectivity index (χ0v) is 16.2. The summed E-state index contributed by atoms with van der Waals surface area (Å²) in [5.41, 5.74) is 0. The zero-order chi connectivity index (χ0) is 19.5. The average molecular weight is 388 g/mol. The molecule has 156 valence electrons. The Balaban J connectivity index is 1.60. The number of ether oxygens (including phenoxy) is 1. The Hall–Kier alpha value is -1.03. The molecule has 0 radical (unpaired) electrons. The zero-order valence-electron chi connectivity index (χ0n) is 16.2. The minimum absolute atomic E-state index is 0.0632. The highest BCUT2D eigenvalue weighted by Gasteiger charge is 2.42. The predicted molar refractivity (Wildman–Crippen MR) is 95.4 cm³/mol. The summed E-state index contributed by atoms with van der Waals surface area (Å²) in [6, 6.07) is 0. The van der Waals surface area contributed by atoms with Crippen LogP contribution in [0.2, 0.25) is 0 Å². The van der Waals surface area contributed by atoms with Crippen molar-refractivity contribution in [3.8, 4) is 0 Å². The molecule has 2 fully saturated rings. The van der Waals surface area contributed by atoms with Crippen molar-refractivity contribution in [2.24, 2.45) is 0 Å². The molecule has 0 aliphatic carbocycles. The van der Waals surface area contributed by atoms with E-state index in [0.29, 0.717) is 25.7 Å². The first kappa shape index (κ1) is 22.3. The molecular formula is C19H32O8. The summed E-state index contributed by atoms with van der Waals surface area (Å²) in [6.07, 6.45) is 9.81. The molecule has 27 heavy (non-hydrogen) atoms. The van der Waals surface area contributed by atoms with Crippen LogP contribution >= 0.6 is 0 Å². The van der Waals surface area contributed by atoms with Crippen molar-refractivity contribution in [2.45, 2.75) is 95.2 Å². The first-order chi connectivity index (χ1) is 13.2. The van der Waals surface area contributed by atoms with Gasteiger partial charge < -0.3 is 4.74 Å². The number of hydrogen-bond acceptors (Lipinski definition) is 8.